The van der Waals surface area contributed by atoms with E-state index < -0.39 is 0 Å². The summed E-state index contributed by atoms with van der Waals surface area (Å²) in [5.74, 6) is 0. The van der Waals surface area contributed by atoms with Crippen molar-refractivity contribution in [2.75, 3.05) is 11.1 Å². The molecule has 0 aliphatic rings. The second kappa shape index (κ2) is 5.17. The minimum Gasteiger partial charge on any atom is -0.397 e. The van der Waals surface area contributed by atoms with Crippen LogP contribution < -0.4 is 11.1 Å². The van der Waals surface area contributed by atoms with Gasteiger partial charge in [-0.3, -0.25) is 0 Å². The third-order valence-electron chi connectivity index (χ3n) is 3.29. The molecule has 3 N–H and O–H groups in total. The lowest BCUT2D eigenvalue weighted by Crippen LogP contribution is -1.96. The standard InChI is InChI=1S/C17H15BrN2/c1-11-2-7-17(16(19)8-11)20-15-6-4-12-9-14(18)5-3-13(12)10-15/h2-10,20H,19H2,1H3. The maximum Gasteiger partial charge on any atom is 0.0618 e. The smallest absolute Gasteiger partial charge is 0.0618 e. The Balaban J connectivity index is 1.96. The van der Waals surface area contributed by atoms with E-state index in [0.717, 1.165) is 27.1 Å². The molecule has 3 aromatic carbocycles. The van der Waals surface area contributed by atoms with E-state index in [9.17, 15) is 0 Å². The van der Waals surface area contributed by atoms with Gasteiger partial charge in [0, 0.05) is 10.2 Å². The molecule has 0 bridgehead atoms. The van der Waals surface area contributed by atoms with Gasteiger partial charge in [-0.25, -0.2) is 0 Å². The van der Waals surface area contributed by atoms with Crippen LogP contribution in [0.5, 0.6) is 0 Å². The first-order valence-corrected chi connectivity index (χ1v) is 7.23. The normalized spacial score (nSPS) is 10.7. The van der Waals surface area contributed by atoms with E-state index in [1.165, 1.54) is 10.8 Å². The van der Waals surface area contributed by atoms with Crippen molar-refractivity contribution in [1.29, 1.82) is 0 Å². The fourth-order valence-electron chi connectivity index (χ4n) is 2.25. The molecule has 2 nitrogen and oxygen atoms in total. The Bertz CT molecular complexity index is 781. The second-order valence-electron chi connectivity index (χ2n) is 4.92. The van der Waals surface area contributed by atoms with E-state index in [1.807, 2.05) is 25.1 Å². The average Bonchev–Trinajstić information content (AvgIpc) is 2.42. The average molecular weight is 327 g/mol. The van der Waals surface area contributed by atoms with Gasteiger partial charge in [-0.1, -0.05) is 34.1 Å². The number of rotatable bonds is 2. The molecule has 0 spiro atoms. The summed E-state index contributed by atoms with van der Waals surface area (Å²) in [5, 5.41) is 5.78. The molecule has 0 aliphatic carbocycles. The number of hydrogen-bond acceptors (Lipinski definition) is 2. The molecule has 0 saturated carbocycles. The molecule has 0 saturated heterocycles. The van der Waals surface area contributed by atoms with Crippen LogP contribution in [0.2, 0.25) is 0 Å². The Hall–Kier alpha value is -2.00. The minimum atomic E-state index is 0.765. The number of anilines is 3. The lowest BCUT2D eigenvalue weighted by molar-refractivity contribution is 1.46. The monoisotopic (exact) mass is 326 g/mol. The molecule has 0 amide bonds. The van der Waals surface area contributed by atoms with Crippen LogP contribution in [0.3, 0.4) is 0 Å². The van der Waals surface area contributed by atoms with Crippen molar-refractivity contribution in [3.8, 4) is 0 Å². The second-order valence-corrected chi connectivity index (χ2v) is 5.84. The van der Waals surface area contributed by atoms with Gasteiger partial charge < -0.3 is 11.1 Å². The molecular formula is C17H15BrN2. The number of fused-ring (bicyclic) bond motifs is 1. The van der Waals surface area contributed by atoms with Crippen molar-refractivity contribution in [1.82, 2.24) is 0 Å². The van der Waals surface area contributed by atoms with Gasteiger partial charge in [-0.2, -0.15) is 0 Å². The summed E-state index contributed by atoms with van der Waals surface area (Å²) >= 11 is 3.49. The number of halogens is 1. The van der Waals surface area contributed by atoms with Gasteiger partial charge in [0.15, 0.2) is 0 Å². The number of nitrogens with two attached hydrogens (primary N) is 1. The van der Waals surface area contributed by atoms with Crippen molar-refractivity contribution in [3.63, 3.8) is 0 Å². The van der Waals surface area contributed by atoms with E-state index in [-0.39, 0.29) is 0 Å². The lowest BCUT2D eigenvalue weighted by Gasteiger charge is -2.11. The van der Waals surface area contributed by atoms with Gasteiger partial charge in [0.2, 0.25) is 0 Å². The zero-order valence-corrected chi connectivity index (χ0v) is 12.7. The van der Waals surface area contributed by atoms with Crippen molar-refractivity contribution < 1.29 is 0 Å². The molecule has 0 aliphatic heterocycles. The highest BCUT2D eigenvalue weighted by atomic mass is 79.9. The molecule has 0 unspecified atom stereocenters. The Morgan fingerprint density at radius 2 is 1.65 bits per heavy atom. The van der Waals surface area contributed by atoms with Gasteiger partial charge in [0.05, 0.1) is 11.4 Å². The van der Waals surface area contributed by atoms with Gasteiger partial charge in [0.1, 0.15) is 0 Å². The molecular weight excluding hydrogens is 312 g/mol. The molecule has 20 heavy (non-hydrogen) atoms. The van der Waals surface area contributed by atoms with Crippen molar-refractivity contribution in [3.05, 3.63) is 64.6 Å². The highest BCUT2D eigenvalue weighted by Gasteiger charge is 2.01. The summed E-state index contributed by atoms with van der Waals surface area (Å²) < 4.78 is 1.09. The quantitative estimate of drug-likeness (QED) is 0.632. The zero-order valence-electron chi connectivity index (χ0n) is 11.2. The van der Waals surface area contributed by atoms with Gasteiger partial charge in [-0.15, -0.1) is 0 Å². The largest absolute Gasteiger partial charge is 0.397 e. The van der Waals surface area contributed by atoms with Crippen molar-refractivity contribution in [2.24, 2.45) is 0 Å². The van der Waals surface area contributed by atoms with E-state index in [4.69, 9.17) is 5.73 Å². The zero-order chi connectivity index (χ0) is 14.1. The summed E-state index contributed by atoms with van der Waals surface area (Å²) in [6, 6.07) is 18.6. The van der Waals surface area contributed by atoms with Gasteiger partial charge >= 0.3 is 0 Å². The third kappa shape index (κ3) is 2.63. The molecule has 0 fully saturated rings. The minimum absolute atomic E-state index is 0.765. The number of nitrogens with one attached hydrogen (secondary N) is 1. The van der Waals surface area contributed by atoms with Crippen LogP contribution in [-0.4, -0.2) is 0 Å². The first kappa shape index (κ1) is 13.0. The molecule has 0 radical (unpaired) electrons. The van der Waals surface area contributed by atoms with Crippen LogP contribution in [0.1, 0.15) is 5.56 Å². The topological polar surface area (TPSA) is 38.0 Å². The van der Waals surface area contributed by atoms with E-state index in [1.54, 1.807) is 0 Å². The highest BCUT2D eigenvalue weighted by molar-refractivity contribution is 9.10. The first-order chi connectivity index (χ1) is 9.61. The summed E-state index contributed by atoms with van der Waals surface area (Å²) in [6.07, 6.45) is 0. The van der Waals surface area contributed by atoms with Crippen LogP contribution >= 0.6 is 15.9 Å². The predicted octanol–water partition coefficient (Wildman–Crippen LogP) is 5.24. The van der Waals surface area contributed by atoms with Crippen molar-refractivity contribution >= 4 is 43.8 Å². The van der Waals surface area contributed by atoms with Crippen LogP contribution in [0, 0.1) is 6.92 Å². The lowest BCUT2D eigenvalue weighted by atomic mass is 10.1. The fourth-order valence-corrected chi connectivity index (χ4v) is 2.62. The van der Waals surface area contributed by atoms with E-state index in [2.05, 4.69) is 57.6 Å². The Kier molecular flexibility index (Phi) is 3.36. The molecule has 3 aromatic rings. The summed E-state index contributed by atoms with van der Waals surface area (Å²) in [5.41, 5.74) is 9.94. The van der Waals surface area contributed by atoms with E-state index in [0.29, 0.717) is 0 Å². The van der Waals surface area contributed by atoms with Crippen LogP contribution in [-0.2, 0) is 0 Å². The van der Waals surface area contributed by atoms with Crippen LogP contribution in [0.15, 0.2) is 59.1 Å². The summed E-state index contributed by atoms with van der Waals surface area (Å²) in [4.78, 5) is 0. The van der Waals surface area contributed by atoms with Crippen molar-refractivity contribution in [2.45, 2.75) is 6.92 Å². The third-order valence-corrected chi connectivity index (χ3v) is 3.78. The molecule has 0 atom stereocenters. The van der Waals surface area contributed by atoms with Crippen LogP contribution in [0.25, 0.3) is 10.8 Å². The Morgan fingerprint density at radius 3 is 2.45 bits per heavy atom. The SMILES string of the molecule is Cc1ccc(Nc2ccc3cc(Br)ccc3c2)c(N)c1. The number of hydrogen-bond donors (Lipinski definition) is 2. The first-order valence-electron chi connectivity index (χ1n) is 6.44. The molecule has 100 valence electrons. The van der Waals surface area contributed by atoms with Gasteiger partial charge in [0.25, 0.3) is 0 Å². The highest BCUT2D eigenvalue weighted by Crippen LogP contribution is 2.27. The molecule has 0 heterocycles. The number of aryl methyl sites for hydroxylation is 1. The molecule has 3 rings (SSSR count). The Morgan fingerprint density at radius 1 is 0.900 bits per heavy atom. The van der Waals surface area contributed by atoms with Crippen LogP contribution in [0.4, 0.5) is 17.1 Å². The number of benzene rings is 3. The fraction of sp³-hybridized carbons (Fsp3) is 0.0588. The summed E-state index contributed by atoms with van der Waals surface area (Å²) in [6.45, 7) is 2.04. The molecule has 3 heteroatoms. The number of nitrogen functional groups attached to an aromatic ring is 1. The van der Waals surface area contributed by atoms with Gasteiger partial charge in [-0.05, 0) is 59.7 Å². The maximum absolute atomic E-state index is 6.03. The predicted molar refractivity (Wildman–Crippen MR) is 90.5 cm³/mol. The Labute approximate surface area is 126 Å². The molecule has 0 aromatic heterocycles. The maximum atomic E-state index is 6.03. The summed E-state index contributed by atoms with van der Waals surface area (Å²) in [7, 11) is 0. The van der Waals surface area contributed by atoms with E-state index >= 15 is 0 Å².